The number of hydrogen-bond donors (Lipinski definition) is 2. The first-order valence-corrected chi connectivity index (χ1v) is 7.67. The third kappa shape index (κ3) is 3.96. The van der Waals surface area contributed by atoms with E-state index in [4.69, 9.17) is 5.73 Å². The van der Waals surface area contributed by atoms with Gasteiger partial charge in [-0.15, -0.1) is 0 Å². The second-order valence-corrected chi connectivity index (χ2v) is 6.48. The van der Waals surface area contributed by atoms with Crippen LogP contribution in [0, 0.1) is 11.8 Å². The Balaban J connectivity index is 2.09. The smallest absolute Gasteiger partial charge is 0.240 e. The quantitative estimate of drug-likeness (QED) is 0.889. The van der Waals surface area contributed by atoms with Gasteiger partial charge in [-0.1, -0.05) is 41.8 Å². The predicted octanol–water partition coefficient (Wildman–Crippen LogP) is 3.54. The van der Waals surface area contributed by atoms with Crippen LogP contribution in [0.2, 0.25) is 0 Å². The molecule has 2 rings (SSSR count). The highest BCUT2D eigenvalue weighted by atomic mass is 79.9. The number of halogens is 1. The summed E-state index contributed by atoms with van der Waals surface area (Å²) < 4.78 is 0.998. The minimum Gasteiger partial charge on any atom is -0.373 e. The van der Waals surface area contributed by atoms with Crippen LogP contribution in [0.5, 0.6) is 0 Å². The van der Waals surface area contributed by atoms with Crippen molar-refractivity contribution < 1.29 is 4.79 Å². The van der Waals surface area contributed by atoms with E-state index >= 15 is 0 Å². The van der Waals surface area contributed by atoms with Crippen LogP contribution in [0.15, 0.2) is 28.7 Å². The molecule has 19 heavy (non-hydrogen) atoms. The molecule has 3 unspecified atom stereocenters. The van der Waals surface area contributed by atoms with Gasteiger partial charge >= 0.3 is 0 Å². The molecule has 1 saturated carbocycles. The first kappa shape index (κ1) is 14.4. The van der Waals surface area contributed by atoms with Crippen molar-refractivity contribution in [3.05, 3.63) is 28.7 Å². The largest absolute Gasteiger partial charge is 0.373 e. The molecule has 3 nitrogen and oxygen atoms in total. The molecule has 0 aromatic heterocycles. The number of primary amides is 1. The second kappa shape index (κ2) is 6.42. The number of anilines is 1. The number of benzene rings is 1. The average molecular weight is 325 g/mol. The van der Waals surface area contributed by atoms with Crippen LogP contribution in [0.25, 0.3) is 0 Å². The van der Waals surface area contributed by atoms with Gasteiger partial charge in [-0.05, 0) is 42.9 Å². The van der Waals surface area contributed by atoms with Gasteiger partial charge in [0.1, 0.15) is 6.04 Å². The number of carbonyl (C=O) groups excluding carboxylic acids is 1. The highest BCUT2D eigenvalue weighted by Gasteiger charge is 2.30. The fraction of sp³-hybridized carbons (Fsp3) is 0.533. The molecule has 3 N–H and O–H groups in total. The van der Waals surface area contributed by atoms with Crippen molar-refractivity contribution in [1.82, 2.24) is 0 Å². The van der Waals surface area contributed by atoms with Gasteiger partial charge < -0.3 is 11.1 Å². The Labute approximate surface area is 123 Å². The molecule has 0 heterocycles. The Hall–Kier alpha value is -1.03. The number of nitrogens with two attached hydrogens (primary N) is 1. The molecule has 1 aromatic rings. The van der Waals surface area contributed by atoms with Crippen molar-refractivity contribution in [3.63, 3.8) is 0 Å². The van der Waals surface area contributed by atoms with E-state index in [0.717, 1.165) is 23.0 Å². The van der Waals surface area contributed by atoms with E-state index in [9.17, 15) is 4.79 Å². The lowest BCUT2D eigenvalue weighted by Crippen LogP contribution is -2.43. The van der Waals surface area contributed by atoms with Crippen LogP contribution in [0.1, 0.15) is 32.6 Å². The molecule has 104 valence electrons. The van der Waals surface area contributed by atoms with Crippen molar-refractivity contribution in [1.29, 1.82) is 0 Å². The Bertz CT molecular complexity index is 450. The lowest BCUT2D eigenvalue weighted by Gasteiger charge is -2.32. The third-order valence-corrected chi connectivity index (χ3v) is 4.39. The highest BCUT2D eigenvalue weighted by molar-refractivity contribution is 9.10. The number of carbonyl (C=O) groups is 1. The predicted molar refractivity (Wildman–Crippen MR) is 81.9 cm³/mol. The normalized spacial score (nSPS) is 24.7. The average Bonchev–Trinajstić information content (AvgIpc) is 2.35. The fourth-order valence-corrected chi connectivity index (χ4v) is 3.36. The fourth-order valence-electron chi connectivity index (χ4n) is 2.96. The molecule has 0 aliphatic heterocycles. The summed E-state index contributed by atoms with van der Waals surface area (Å²) in [6.07, 6.45) is 4.61. The second-order valence-electron chi connectivity index (χ2n) is 5.57. The van der Waals surface area contributed by atoms with E-state index in [1.807, 2.05) is 24.3 Å². The molecule has 1 fully saturated rings. The molecular formula is C15H21BrN2O. The lowest BCUT2D eigenvalue weighted by atomic mass is 9.78. The molecule has 1 amide bonds. The standard InChI is InChI=1S/C15H21BrN2O/c1-10-4-2-5-11(8-10)14(15(17)19)18-13-7-3-6-12(16)9-13/h3,6-7,9-11,14,18H,2,4-5,8H2,1H3,(H2,17,19). The molecule has 0 spiro atoms. The minimum absolute atomic E-state index is 0.251. The summed E-state index contributed by atoms with van der Waals surface area (Å²) in [6.45, 7) is 2.25. The molecule has 1 aromatic carbocycles. The molecule has 0 radical (unpaired) electrons. The van der Waals surface area contributed by atoms with Gasteiger partial charge in [0.2, 0.25) is 5.91 Å². The van der Waals surface area contributed by atoms with Crippen molar-refractivity contribution in [2.75, 3.05) is 5.32 Å². The molecule has 0 saturated heterocycles. The van der Waals surface area contributed by atoms with Crippen LogP contribution in [-0.4, -0.2) is 11.9 Å². The summed E-state index contributed by atoms with van der Waals surface area (Å²) >= 11 is 3.44. The van der Waals surface area contributed by atoms with E-state index in [0.29, 0.717) is 11.8 Å². The maximum absolute atomic E-state index is 11.7. The van der Waals surface area contributed by atoms with Crippen LogP contribution in [0.4, 0.5) is 5.69 Å². The SMILES string of the molecule is CC1CCCC(C(Nc2cccc(Br)c2)C(N)=O)C1. The summed E-state index contributed by atoms with van der Waals surface area (Å²) in [5.41, 5.74) is 6.53. The molecule has 0 bridgehead atoms. The van der Waals surface area contributed by atoms with Crippen molar-refractivity contribution >= 4 is 27.5 Å². The third-order valence-electron chi connectivity index (χ3n) is 3.90. The van der Waals surface area contributed by atoms with E-state index in [-0.39, 0.29) is 11.9 Å². The monoisotopic (exact) mass is 324 g/mol. The van der Waals surface area contributed by atoms with Crippen LogP contribution >= 0.6 is 15.9 Å². The topological polar surface area (TPSA) is 55.1 Å². The maximum Gasteiger partial charge on any atom is 0.240 e. The Kier molecular flexibility index (Phi) is 4.86. The zero-order valence-electron chi connectivity index (χ0n) is 11.2. The van der Waals surface area contributed by atoms with Crippen LogP contribution in [0.3, 0.4) is 0 Å². The van der Waals surface area contributed by atoms with E-state index < -0.39 is 0 Å². The van der Waals surface area contributed by atoms with Gasteiger partial charge in [0.05, 0.1) is 0 Å². The van der Waals surface area contributed by atoms with E-state index in [2.05, 4.69) is 28.2 Å². The highest BCUT2D eigenvalue weighted by Crippen LogP contribution is 2.32. The summed E-state index contributed by atoms with van der Waals surface area (Å²) in [5, 5.41) is 3.30. The minimum atomic E-state index is -0.267. The van der Waals surface area contributed by atoms with Crippen molar-refractivity contribution in [3.8, 4) is 0 Å². The molecule has 3 atom stereocenters. The summed E-state index contributed by atoms with van der Waals surface area (Å²) in [4.78, 5) is 11.7. The van der Waals surface area contributed by atoms with Crippen molar-refractivity contribution in [2.24, 2.45) is 17.6 Å². The summed E-state index contributed by atoms with van der Waals surface area (Å²) in [7, 11) is 0. The lowest BCUT2D eigenvalue weighted by molar-refractivity contribution is -0.120. The van der Waals surface area contributed by atoms with Gasteiger partial charge in [0.25, 0.3) is 0 Å². The van der Waals surface area contributed by atoms with Crippen LogP contribution < -0.4 is 11.1 Å². The zero-order chi connectivity index (χ0) is 13.8. The van der Waals surface area contributed by atoms with Gasteiger partial charge in [-0.3, -0.25) is 4.79 Å². The first-order valence-electron chi connectivity index (χ1n) is 6.87. The molecule has 4 heteroatoms. The van der Waals surface area contributed by atoms with Crippen LogP contribution in [-0.2, 0) is 4.79 Å². The number of nitrogens with one attached hydrogen (secondary N) is 1. The van der Waals surface area contributed by atoms with Gasteiger partial charge in [-0.25, -0.2) is 0 Å². The summed E-state index contributed by atoms with van der Waals surface area (Å²) in [6, 6.07) is 7.59. The van der Waals surface area contributed by atoms with E-state index in [1.165, 1.54) is 12.8 Å². The van der Waals surface area contributed by atoms with Gasteiger partial charge in [0.15, 0.2) is 0 Å². The Morgan fingerprint density at radius 2 is 2.26 bits per heavy atom. The Morgan fingerprint density at radius 1 is 1.47 bits per heavy atom. The van der Waals surface area contributed by atoms with Crippen molar-refractivity contribution in [2.45, 2.75) is 38.6 Å². The first-order chi connectivity index (χ1) is 9.06. The van der Waals surface area contributed by atoms with Gasteiger partial charge in [0, 0.05) is 10.2 Å². The molecule has 1 aliphatic rings. The molecule has 1 aliphatic carbocycles. The maximum atomic E-state index is 11.7. The number of rotatable bonds is 4. The number of hydrogen-bond acceptors (Lipinski definition) is 2. The molecular weight excluding hydrogens is 304 g/mol. The van der Waals surface area contributed by atoms with E-state index in [1.54, 1.807) is 0 Å². The number of amides is 1. The Morgan fingerprint density at radius 3 is 2.89 bits per heavy atom. The van der Waals surface area contributed by atoms with Gasteiger partial charge in [-0.2, -0.15) is 0 Å². The summed E-state index contributed by atoms with van der Waals surface area (Å²) in [5.74, 6) is 0.782. The zero-order valence-corrected chi connectivity index (χ0v) is 12.8.